The van der Waals surface area contributed by atoms with Crippen LogP contribution in [-0.4, -0.2) is 36.3 Å². The molecule has 1 aromatic heterocycles. The average molecular weight is 606 g/mol. The highest BCUT2D eigenvalue weighted by Gasteiger charge is 2.31. The van der Waals surface area contributed by atoms with E-state index in [1.54, 1.807) is 45.0 Å². The van der Waals surface area contributed by atoms with Crippen molar-refractivity contribution in [2.45, 2.75) is 92.0 Å². The van der Waals surface area contributed by atoms with Gasteiger partial charge in [0, 0.05) is 18.4 Å². The molecule has 1 fully saturated rings. The maximum Gasteiger partial charge on any atom is 0.270 e. The third-order valence-electron chi connectivity index (χ3n) is 7.34. The summed E-state index contributed by atoms with van der Waals surface area (Å²) in [7, 11) is 3.25. The van der Waals surface area contributed by atoms with Crippen molar-refractivity contribution in [1.82, 2.24) is 9.97 Å². The molecule has 5 nitrogen and oxygen atoms in total. The van der Waals surface area contributed by atoms with Crippen molar-refractivity contribution >= 4 is 11.8 Å². The fourth-order valence-electron chi connectivity index (χ4n) is 4.57. The normalized spacial score (nSPS) is 16.0. The molecular weight excluding hydrogens is 556 g/mol. The number of nitrogens with zero attached hydrogens (tertiary/aromatic N) is 3. The second-order valence-electron chi connectivity index (χ2n) is 10.8. The summed E-state index contributed by atoms with van der Waals surface area (Å²) in [5.74, 6) is -0.986. The number of hydrogen-bond acceptors (Lipinski definition) is 5. The predicted octanol–water partition coefficient (Wildman–Crippen LogP) is 10.2. The van der Waals surface area contributed by atoms with Crippen LogP contribution in [0, 0.1) is 0 Å². The number of rotatable bonds is 10. The van der Waals surface area contributed by atoms with Gasteiger partial charge in [-0.25, -0.2) is 18.7 Å². The van der Waals surface area contributed by atoms with Crippen molar-refractivity contribution in [1.29, 1.82) is 0 Å². The first kappa shape index (κ1) is 36.3. The zero-order chi connectivity index (χ0) is 32.9. The minimum absolute atomic E-state index is 0.0974. The summed E-state index contributed by atoms with van der Waals surface area (Å²) in [6.07, 6.45) is 14.2. The molecule has 2 aromatic rings. The van der Waals surface area contributed by atoms with Crippen molar-refractivity contribution < 1.29 is 18.3 Å². The summed E-state index contributed by atoms with van der Waals surface area (Å²) >= 11 is 0. The number of methoxy groups -OCH3 is 2. The monoisotopic (exact) mass is 605 g/mol. The SMILES string of the molecule is C=C/C(C)=C(/C=NC(C)c1c(OC)ncnc1C1CC1)OC.CC.CCc1ccc(C2=CC(C(C)(F)F)=CCC(C)=C2)cc1. The summed E-state index contributed by atoms with van der Waals surface area (Å²) in [6, 6.07) is 8.01. The molecule has 0 N–H and O–H groups in total. The molecule has 7 heteroatoms. The highest BCUT2D eigenvalue weighted by molar-refractivity contribution is 5.78. The minimum Gasteiger partial charge on any atom is -0.495 e. The number of aliphatic imine (C=N–C) groups is 1. The number of halogens is 2. The molecular formula is C37H49F2N3O2. The molecule has 1 heterocycles. The molecule has 0 spiro atoms. The molecule has 44 heavy (non-hydrogen) atoms. The lowest BCUT2D eigenvalue weighted by atomic mass is 9.99. The first-order valence-corrected chi connectivity index (χ1v) is 15.4. The van der Waals surface area contributed by atoms with Gasteiger partial charge >= 0.3 is 0 Å². The van der Waals surface area contributed by atoms with Gasteiger partial charge in [-0.3, -0.25) is 4.99 Å². The lowest BCUT2D eigenvalue weighted by molar-refractivity contribution is 0.0673. The molecule has 0 bridgehead atoms. The van der Waals surface area contributed by atoms with Gasteiger partial charge in [-0.05, 0) is 74.8 Å². The van der Waals surface area contributed by atoms with Gasteiger partial charge in [-0.15, -0.1) is 0 Å². The number of hydrogen-bond donors (Lipinski definition) is 0. The summed E-state index contributed by atoms with van der Waals surface area (Å²) in [5, 5.41) is 0. The first-order chi connectivity index (χ1) is 21.0. The lowest BCUT2D eigenvalue weighted by Crippen LogP contribution is -2.12. The van der Waals surface area contributed by atoms with Gasteiger partial charge in [-0.1, -0.05) is 75.4 Å². The standard InChI is InChI=1S/C18H20F2.C17H23N3O2.C2H6/c1-4-14-6-8-15(9-7-14)16-11-13(2)5-10-17(12-16)18(3,19)20;1-6-11(2)14(21-4)9-18-12(3)15-16(13-7-8-13)19-10-20-17(15)22-5;1-2/h6-12H,4-5H2,1-3H3;6,9-10,12-13H,1,7-8H2,2-5H3;1-2H3/b;14-11-,18-9?;. The van der Waals surface area contributed by atoms with E-state index >= 15 is 0 Å². The number of benzene rings is 1. The Bertz CT molecular complexity index is 1390. The molecule has 0 amide bonds. The molecule has 4 rings (SSSR count). The number of allylic oxidation sites excluding steroid dienone is 9. The maximum atomic E-state index is 13.6. The fraction of sp³-hybridized carbons (Fsp3) is 0.432. The van der Waals surface area contributed by atoms with Crippen LogP contribution in [0.2, 0.25) is 0 Å². The highest BCUT2D eigenvalue weighted by Crippen LogP contribution is 2.44. The van der Waals surface area contributed by atoms with Crippen LogP contribution in [0.4, 0.5) is 8.78 Å². The molecule has 0 radical (unpaired) electrons. The Kier molecular flexibility index (Phi) is 14.4. The maximum absolute atomic E-state index is 13.6. The van der Waals surface area contributed by atoms with E-state index in [1.807, 2.05) is 52.8 Å². The molecule has 1 atom stereocenters. The minimum atomic E-state index is -2.80. The molecule has 0 saturated heterocycles. The van der Waals surface area contributed by atoms with Crippen molar-refractivity contribution in [3.63, 3.8) is 0 Å². The molecule has 1 unspecified atom stereocenters. The van der Waals surface area contributed by atoms with E-state index in [0.717, 1.165) is 46.9 Å². The van der Waals surface area contributed by atoms with Crippen LogP contribution >= 0.6 is 0 Å². The van der Waals surface area contributed by atoms with Crippen LogP contribution < -0.4 is 4.74 Å². The van der Waals surface area contributed by atoms with E-state index in [2.05, 4.69) is 40.6 Å². The largest absolute Gasteiger partial charge is 0.495 e. The van der Waals surface area contributed by atoms with Gasteiger partial charge in [0.05, 0.1) is 37.7 Å². The summed E-state index contributed by atoms with van der Waals surface area (Å²) < 4.78 is 37.9. The predicted molar refractivity (Wildman–Crippen MR) is 180 cm³/mol. The third-order valence-corrected chi connectivity index (χ3v) is 7.34. The van der Waals surface area contributed by atoms with E-state index in [1.165, 1.54) is 18.4 Å². The molecule has 1 aromatic carbocycles. The van der Waals surface area contributed by atoms with E-state index in [4.69, 9.17) is 9.47 Å². The van der Waals surface area contributed by atoms with Gasteiger partial charge in [0.15, 0.2) is 0 Å². The van der Waals surface area contributed by atoms with Crippen molar-refractivity contribution in [3.8, 4) is 5.88 Å². The first-order valence-electron chi connectivity index (χ1n) is 15.4. The summed E-state index contributed by atoms with van der Waals surface area (Å²) in [6.45, 7) is 16.7. The molecule has 0 aliphatic heterocycles. The van der Waals surface area contributed by atoms with Crippen LogP contribution in [0.5, 0.6) is 5.88 Å². The van der Waals surface area contributed by atoms with Crippen molar-refractivity contribution in [3.05, 3.63) is 106 Å². The quantitative estimate of drug-likeness (QED) is 0.154. The highest BCUT2D eigenvalue weighted by atomic mass is 19.3. The Morgan fingerprint density at radius 2 is 1.80 bits per heavy atom. The van der Waals surface area contributed by atoms with Crippen LogP contribution in [0.3, 0.4) is 0 Å². The van der Waals surface area contributed by atoms with Crippen molar-refractivity contribution in [2.24, 2.45) is 4.99 Å². The Morgan fingerprint density at radius 1 is 1.14 bits per heavy atom. The lowest BCUT2D eigenvalue weighted by Gasteiger charge is -2.15. The van der Waals surface area contributed by atoms with Gasteiger partial charge < -0.3 is 9.47 Å². The second kappa shape index (κ2) is 17.4. The van der Waals surface area contributed by atoms with Crippen molar-refractivity contribution in [2.75, 3.05) is 14.2 Å². The topological polar surface area (TPSA) is 56.6 Å². The zero-order valence-corrected chi connectivity index (χ0v) is 27.9. The average Bonchev–Trinajstić information content (AvgIpc) is 3.90. The van der Waals surface area contributed by atoms with Crippen LogP contribution in [0.15, 0.2) is 88.9 Å². The van der Waals surface area contributed by atoms with Gasteiger partial charge in [0.1, 0.15) is 12.1 Å². The smallest absolute Gasteiger partial charge is 0.270 e. The molecule has 238 valence electrons. The zero-order valence-electron chi connectivity index (χ0n) is 27.9. The Hall–Kier alpha value is -3.87. The number of alkyl halides is 2. The summed E-state index contributed by atoms with van der Waals surface area (Å²) in [4.78, 5) is 13.3. The van der Waals surface area contributed by atoms with Crippen LogP contribution in [0.1, 0.15) is 102 Å². The number of aromatic nitrogens is 2. The third kappa shape index (κ3) is 10.4. The molecule has 1 saturated carbocycles. The molecule has 2 aliphatic carbocycles. The Morgan fingerprint density at radius 3 is 2.32 bits per heavy atom. The van der Waals surface area contributed by atoms with Gasteiger partial charge in [-0.2, -0.15) is 0 Å². The van der Waals surface area contributed by atoms with E-state index in [-0.39, 0.29) is 11.6 Å². The van der Waals surface area contributed by atoms with Crippen LogP contribution in [0.25, 0.3) is 5.57 Å². The van der Waals surface area contributed by atoms with Crippen LogP contribution in [-0.2, 0) is 11.2 Å². The Balaban J connectivity index is 0.000000292. The second-order valence-corrected chi connectivity index (χ2v) is 10.8. The van der Waals surface area contributed by atoms with E-state index in [9.17, 15) is 8.78 Å². The van der Waals surface area contributed by atoms with E-state index in [0.29, 0.717) is 24.0 Å². The fourth-order valence-corrected chi connectivity index (χ4v) is 4.57. The Labute approximate surface area is 263 Å². The molecule has 2 aliphatic rings. The van der Waals surface area contributed by atoms with Gasteiger partial charge in [0.25, 0.3) is 5.92 Å². The summed E-state index contributed by atoms with van der Waals surface area (Å²) in [5.41, 5.74) is 7.25. The number of aryl methyl sites for hydroxylation is 1. The number of ether oxygens (including phenoxy) is 2. The van der Waals surface area contributed by atoms with E-state index < -0.39 is 5.92 Å². The van der Waals surface area contributed by atoms with Gasteiger partial charge in [0.2, 0.25) is 5.88 Å².